The van der Waals surface area contributed by atoms with Gasteiger partial charge in [-0.25, -0.2) is 0 Å². The van der Waals surface area contributed by atoms with Gasteiger partial charge in [0.1, 0.15) is 5.60 Å². The summed E-state index contributed by atoms with van der Waals surface area (Å²) in [6, 6.07) is 2.20. The van der Waals surface area contributed by atoms with E-state index >= 15 is 0 Å². The number of rotatable bonds is 7. The fourth-order valence-electron chi connectivity index (χ4n) is 4.27. The highest BCUT2D eigenvalue weighted by Gasteiger charge is 2.44. The number of aliphatic hydroxyl groups is 1. The Labute approximate surface area is 153 Å². The van der Waals surface area contributed by atoms with Gasteiger partial charge < -0.3 is 9.84 Å². The monoisotopic (exact) mass is 345 g/mol. The highest BCUT2D eigenvalue weighted by molar-refractivity contribution is 5.23. The molecule has 3 nitrogen and oxygen atoms in total. The average Bonchev–Trinajstić information content (AvgIpc) is 2.60. The van der Waals surface area contributed by atoms with Gasteiger partial charge in [-0.1, -0.05) is 32.8 Å². The molecule has 5 atom stereocenters. The lowest BCUT2D eigenvalue weighted by Crippen LogP contribution is -2.44. The molecule has 0 amide bonds. The highest BCUT2D eigenvalue weighted by atomic mass is 16.5. The number of hydrogen-bond donors (Lipinski definition) is 1. The van der Waals surface area contributed by atoms with Crippen molar-refractivity contribution in [1.29, 1.82) is 5.26 Å². The van der Waals surface area contributed by atoms with Crippen LogP contribution in [0.25, 0.3) is 0 Å². The second kappa shape index (κ2) is 8.90. The molecule has 1 aliphatic carbocycles. The summed E-state index contributed by atoms with van der Waals surface area (Å²) in [4.78, 5) is 0. The topological polar surface area (TPSA) is 53.2 Å². The summed E-state index contributed by atoms with van der Waals surface area (Å²) in [7, 11) is 0. The summed E-state index contributed by atoms with van der Waals surface area (Å²) in [5, 5.41) is 19.0. The first kappa shape index (κ1) is 20.0. The second-order valence-electron chi connectivity index (χ2n) is 8.26. The van der Waals surface area contributed by atoms with Crippen molar-refractivity contribution in [2.24, 2.45) is 17.8 Å². The van der Waals surface area contributed by atoms with E-state index in [9.17, 15) is 5.11 Å². The smallest absolute Gasteiger partial charge is 0.124 e. The van der Waals surface area contributed by atoms with Gasteiger partial charge in [0, 0.05) is 18.3 Å². The van der Waals surface area contributed by atoms with Crippen LogP contribution in [-0.4, -0.2) is 16.8 Å². The third-order valence-electron chi connectivity index (χ3n) is 6.27. The van der Waals surface area contributed by atoms with E-state index in [0.29, 0.717) is 12.3 Å². The van der Waals surface area contributed by atoms with Gasteiger partial charge in [-0.05, 0) is 63.5 Å². The minimum atomic E-state index is -0.252. The number of nitrogens with zero attached hydrogens (tertiary/aromatic N) is 1. The van der Waals surface area contributed by atoms with E-state index in [4.69, 9.17) is 10.00 Å². The van der Waals surface area contributed by atoms with Gasteiger partial charge >= 0.3 is 0 Å². The maximum atomic E-state index is 10.4. The lowest BCUT2D eigenvalue weighted by atomic mass is 9.69. The summed E-state index contributed by atoms with van der Waals surface area (Å²) >= 11 is 0. The van der Waals surface area contributed by atoms with Crippen LogP contribution in [0.15, 0.2) is 23.5 Å². The Kier molecular flexibility index (Phi) is 7.14. The lowest BCUT2D eigenvalue weighted by molar-refractivity contribution is -0.0558. The molecule has 1 heterocycles. The normalized spacial score (nSPS) is 35.4. The Balaban J connectivity index is 1.89. The quantitative estimate of drug-likeness (QED) is 0.489. The van der Waals surface area contributed by atoms with E-state index in [1.165, 1.54) is 18.4 Å². The fraction of sp³-hybridized carbons (Fsp3) is 0.773. The first-order valence-electron chi connectivity index (χ1n) is 10.0. The molecule has 0 spiro atoms. The second-order valence-corrected chi connectivity index (χ2v) is 8.26. The highest BCUT2D eigenvalue weighted by Crippen LogP contribution is 2.47. The zero-order valence-electron chi connectivity index (χ0n) is 16.4. The van der Waals surface area contributed by atoms with Gasteiger partial charge in [0.2, 0.25) is 0 Å². The fourth-order valence-corrected chi connectivity index (χ4v) is 4.27. The molecule has 2 aliphatic rings. The molecular formula is C22H35NO2. The molecule has 25 heavy (non-hydrogen) atoms. The molecular weight excluding hydrogens is 310 g/mol. The number of hydrogen-bond acceptors (Lipinski definition) is 3. The van der Waals surface area contributed by atoms with Crippen LogP contribution in [0, 0.1) is 29.1 Å². The van der Waals surface area contributed by atoms with Gasteiger partial charge in [0.15, 0.2) is 0 Å². The predicted molar refractivity (Wildman–Crippen MR) is 102 cm³/mol. The van der Waals surface area contributed by atoms with Crippen LogP contribution >= 0.6 is 0 Å². The summed E-state index contributed by atoms with van der Waals surface area (Å²) in [6.45, 7) is 8.58. The minimum absolute atomic E-state index is 0.181. The van der Waals surface area contributed by atoms with Gasteiger partial charge in [0.05, 0.1) is 17.9 Å². The van der Waals surface area contributed by atoms with Crippen molar-refractivity contribution in [3.63, 3.8) is 0 Å². The zero-order chi connectivity index (χ0) is 18.4. The zero-order valence-corrected chi connectivity index (χ0v) is 16.4. The molecule has 0 saturated carbocycles. The first-order chi connectivity index (χ1) is 11.9. The van der Waals surface area contributed by atoms with E-state index in [-0.39, 0.29) is 23.5 Å². The van der Waals surface area contributed by atoms with Gasteiger partial charge in [-0.15, -0.1) is 0 Å². The van der Waals surface area contributed by atoms with Gasteiger partial charge in [-0.3, -0.25) is 0 Å². The van der Waals surface area contributed by atoms with Crippen molar-refractivity contribution in [1.82, 2.24) is 0 Å². The van der Waals surface area contributed by atoms with E-state index in [1.54, 1.807) is 0 Å². The SMILES string of the molecule is CC1=C2O[C@](C)(/C=C/CCCCCCC#N)CCC2C(C)[C@@H](O)C1C. The Morgan fingerprint density at radius 3 is 2.72 bits per heavy atom. The number of unbranched alkanes of at least 4 members (excludes halogenated alkanes) is 5. The van der Waals surface area contributed by atoms with E-state index in [1.807, 2.05) is 0 Å². The lowest BCUT2D eigenvalue weighted by Gasteiger charge is -2.47. The Morgan fingerprint density at radius 2 is 2.00 bits per heavy atom. The van der Waals surface area contributed by atoms with Crippen molar-refractivity contribution in [2.45, 2.75) is 90.8 Å². The molecule has 0 aromatic carbocycles. The van der Waals surface area contributed by atoms with Crippen LogP contribution in [-0.2, 0) is 4.74 Å². The Bertz CT molecular complexity index is 545. The van der Waals surface area contributed by atoms with Gasteiger partial charge in [-0.2, -0.15) is 5.26 Å². The molecule has 1 aliphatic heterocycles. The van der Waals surface area contributed by atoms with Crippen molar-refractivity contribution >= 4 is 0 Å². The van der Waals surface area contributed by atoms with Crippen molar-refractivity contribution < 1.29 is 9.84 Å². The summed E-state index contributed by atoms with van der Waals surface area (Å²) in [5.41, 5.74) is 1.02. The van der Waals surface area contributed by atoms with Gasteiger partial charge in [0.25, 0.3) is 0 Å². The largest absolute Gasteiger partial charge is 0.488 e. The van der Waals surface area contributed by atoms with Crippen LogP contribution in [0.2, 0.25) is 0 Å². The summed E-state index contributed by atoms with van der Waals surface area (Å²) in [5.74, 6) is 1.96. The molecule has 0 radical (unpaired) electrons. The standard InChI is InChI=1S/C22H35NO2/c1-16-17(2)21-19(18(3)20(16)24)12-14-22(4,25-21)13-10-8-6-5-7-9-11-15-23/h10,13,16,18-20,24H,5-9,11-12,14H2,1-4H3/b13-10+/t16?,18?,19?,20-,22+/m0/s1. The number of fused-ring (bicyclic) bond motifs is 1. The Morgan fingerprint density at radius 1 is 1.28 bits per heavy atom. The molecule has 3 unspecified atom stereocenters. The molecule has 0 aromatic rings. The third kappa shape index (κ3) is 4.88. The van der Waals surface area contributed by atoms with Crippen LogP contribution in [0.5, 0.6) is 0 Å². The molecule has 0 bridgehead atoms. The van der Waals surface area contributed by atoms with E-state index < -0.39 is 0 Å². The average molecular weight is 346 g/mol. The number of allylic oxidation sites excluding steroid dienone is 2. The molecule has 0 aromatic heterocycles. The third-order valence-corrected chi connectivity index (χ3v) is 6.27. The maximum absolute atomic E-state index is 10.4. The van der Waals surface area contributed by atoms with Crippen LogP contribution in [0.1, 0.15) is 79.1 Å². The number of aliphatic hydroxyl groups excluding tert-OH is 1. The predicted octanol–water partition coefficient (Wildman–Crippen LogP) is 5.51. The summed E-state index contributed by atoms with van der Waals surface area (Å²) in [6.07, 6.45) is 12.7. The molecule has 140 valence electrons. The van der Waals surface area contributed by atoms with E-state index in [2.05, 4.69) is 45.9 Å². The summed E-state index contributed by atoms with van der Waals surface area (Å²) < 4.78 is 6.48. The molecule has 1 saturated heterocycles. The van der Waals surface area contributed by atoms with E-state index in [0.717, 1.165) is 37.9 Å². The van der Waals surface area contributed by atoms with Crippen molar-refractivity contribution in [3.8, 4) is 6.07 Å². The molecule has 3 heteroatoms. The number of ether oxygens (including phenoxy) is 1. The van der Waals surface area contributed by atoms with Crippen molar-refractivity contribution in [3.05, 3.63) is 23.5 Å². The molecule has 2 rings (SSSR count). The number of nitriles is 1. The first-order valence-corrected chi connectivity index (χ1v) is 10.0. The maximum Gasteiger partial charge on any atom is 0.124 e. The minimum Gasteiger partial charge on any atom is -0.488 e. The molecule has 1 N–H and O–H groups in total. The Hall–Kier alpha value is -1.27. The van der Waals surface area contributed by atoms with Crippen LogP contribution < -0.4 is 0 Å². The van der Waals surface area contributed by atoms with Crippen LogP contribution in [0.4, 0.5) is 0 Å². The van der Waals surface area contributed by atoms with Crippen molar-refractivity contribution in [2.75, 3.05) is 0 Å². The van der Waals surface area contributed by atoms with Crippen LogP contribution in [0.3, 0.4) is 0 Å². The molecule has 1 fully saturated rings.